The van der Waals surface area contributed by atoms with Crippen LogP contribution in [0.15, 0.2) is 42.0 Å². The maximum Gasteiger partial charge on any atom is 0.255 e. The highest BCUT2D eigenvalue weighted by atomic mass is 32.1. The number of likely N-dealkylation sites (tertiary alicyclic amines) is 1. The van der Waals surface area contributed by atoms with E-state index < -0.39 is 24.0 Å². The van der Waals surface area contributed by atoms with E-state index in [9.17, 15) is 19.8 Å². The van der Waals surface area contributed by atoms with Crippen molar-refractivity contribution >= 4 is 23.2 Å². The first-order valence-corrected chi connectivity index (χ1v) is 10.3. The molecule has 1 fully saturated rings. The summed E-state index contributed by atoms with van der Waals surface area (Å²) < 4.78 is 0. The third-order valence-corrected chi connectivity index (χ3v) is 5.86. The average Bonchev–Trinajstić information content (AvgIpc) is 3.26. The second-order valence-electron chi connectivity index (χ2n) is 6.84. The van der Waals surface area contributed by atoms with Gasteiger partial charge in [-0.15, -0.1) is 11.3 Å². The Bertz CT molecular complexity index is 769. The molecule has 3 rings (SSSR count). The molecule has 0 saturated carbocycles. The molecule has 0 radical (unpaired) electrons. The van der Waals surface area contributed by atoms with Gasteiger partial charge in [0.25, 0.3) is 11.8 Å². The number of piperidine rings is 1. The number of carbonyl (C=O) groups excluding carboxylic acids is 2. The second kappa shape index (κ2) is 9.77. The minimum atomic E-state index is -1.80. The van der Waals surface area contributed by atoms with E-state index in [1.165, 1.54) is 0 Å². The zero-order valence-electron chi connectivity index (χ0n) is 15.5. The van der Waals surface area contributed by atoms with Crippen molar-refractivity contribution in [3.05, 3.63) is 52.5 Å². The van der Waals surface area contributed by atoms with Crippen molar-refractivity contribution in [1.82, 2.24) is 15.2 Å². The lowest BCUT2D eigenvalue weighted by molar-refractivity contribution is -0.156. The third-order valence-electron chi connectivity index (χ3n) is 4.93. The van der Waals surface area contributed by atoms with Gasteiger partial charge >= 0.3 is 0 Å². The topological polar surface area (TPSA) is 103 Å². The minimum Gasteiger partial charge on any atom is -0.380 e. The summed E-state index contributed by atoms with van der Waals surface area (Å²) in [7, 11) is 0. The molecular formula is C20H25N3O4S. The highest BCUT2D eigenvalue weighted by Crippen LogP contribution is 2.31. The smallest absolute Gasteiger partial charge is 0.255 e. The molecule has 3 N–H and O–H groups in total. The summed E-state index contributed by atoms with van der Waals surface area (Å²) in [5.74, 6) is -1.37. The largest absolute Gasteiger partial charge is 0.380 e. The number of rotatable bonds is 7. The molecule has 1 aliphatic heterocycles. The average molecular weight is 404 g/mol. The third kappa shape index (κ3) is 4.95. The van der Waals surface area contributed by atoms with Crippen LogP contribution in [-0.2, 0) is 16.0 Å². The van der Waals surface area contributed by atoms with Gasteiger partial charge in [-0.1, -0.05) is 12.1 Å². The molecule has 28 heavy (non-hydrogen) atoms. The van der Waals surface area contributed by atoms with E-state index in [2.05, 4.69) is 10.3 Å². The van der Waals surface area contributed by atoms with Gasteiger partial charge in [0.1, 0.15) is 0 Å². The number of hydrogen-bond acceptors (Lipinski definition) is 6. The fourth-order valence-electron chi connectivity index (χ4n) is 3.43. The van der Waals surface area contributed by atoms with E-state index >= 15 is 0 Å². The van der Waals surface area contributed by atoms with Crippen molar-refractivity contribution in [2.45, 2.75) is 43.9 Å². The van der Waals surface area contributed by atoms with Crippen LogP contribution in [-0.4, -0.2) is 57.2 Å². The number of amides is 2. The lowest BCUT2D eigenvalue weighted by Crippen LogP contribution is -2.52. The number of hydrogen-bond donors (Lipinski definition) is 3. The molecular weight excluding hydrogens is 378 g/mol. The molecule has 3 heterocycles. The van der Waals surface area contributed by atoms with Crippen LogP contribution in [0.2, 0.25) is 0 Å². The second-order valence-corrected chi connectivity index (χ2v) is 7.87. The number of nitrogens with one attached hydrogen (secondary N) is 1. The number of pyridine rings is 1. The van der Waals surface area contributed by atoms with Crippen LogP contribution >= 0.6 is 11.3 Å². The molecule has 1 aliphatic rings. The van der Waals surface area contributed by atoms with Crippen molar-refractivity contribution < 1.29 is 19.8 Å². The molecule has 0 spiro atoms. The minimum absolute atomic E-state index is 0.210. The van der Waals surface area contributed by atoms with Crippen LogP contribution in [0.1, 0.15) is 35.7 Å². The van der Waals surface area contributed by atoms with Crippen LogP contribution in [0, 0.1) is 0 Å². The fraction of sp³-hybridized carbons (Fsp3) is 0.450. The van der Waals surface area contributed by atoms with Crippen molar-refractivity contribution in [3.63, 3.8) is 0 Å². The van der Waals surface area contributed by atoms with Gasteiger partial charge in [0.15, 0.2) is 12.2 Å². The number of nitrogens with zero attached hydrogens (tertiary/aromatic N) is 2. The Morgan fingerprint density at radius 3 is 2.82 bits per heavy atom. The summed E-state index contributed by atoms with van der Waals surface area (Å²) >= 11 is 1.58. The molecule has 0 aromatic carbocycles. The first kappa shape index (κ1) is 20.4. The van der Waals surface area contributed by atoms with Crippen LogP contribution in [0.25, 0.3) is 0 Å². The maximum atomic E-state index is 12.8. The Balaban J connectivity index is 1.58. The summed E-state index contributed by atoms with van der Waals surface area (Å²) in [4.78, 5) is 31.7. The fourth-order valence-corrected chi connectivity index (χ4v) is 4.14. The standard InChI is InChI=1S/C20H25N3O4S/c24-17(19(26)22-10-8-15-6-4-12-28-15)18(25)20(27)23-11-2-1-7-16(23)14-5-3-9-21-13-14/h3-6,9,12-13,16-18,24-25H,1-2,7-8,10-11H2,(H,22,26)/t16?,17-,18-/m1/s1. The van der Waals surface area contributed by atoms with Crippen molar-refractivity contribution in [2.24, 2.45) is 0 Å². The quantitative estimate of drug-likeness (QED) is 0.646. The van der Waals surface area contributed by atoms with Gasteiger partial charge in [0.05, 0.1) is 6.04 Å². The molecule has 8 heteroatoms. The predicted octanol–water partition coefficient (Wildman–Crippen LogP) is 1.28. The van der Waals surface area contributed by atoms with Gasteiger partial charge in [0.2, 0.25) is 0 Å². The summed E-state index contributed by atoms with van der Waals surface area (Å²) in [6.07, 6.45) is 2.95. The Labute approximate surface area is 168 Å². The Morgan fingerprint density at radius 2 is 2.11 bits per heavy atom. The van der Waals surface area contributed by atoms with Crippen LogP contribution in [0.5, 0.6) is 0 Å². The van der Waals surface area contributed by atoms with Crippen LogP contribution in [0.3, 0.4) is 0 Å². The lowest BCUT2D eigenvalue weighted by atomic mass is 9.95. The number of aliphatic hydroxyl groups excluding tert-OH is 2. The van der Waals surface area contributed by atoms with E-state index in [1.807, 2.05) is 23.6 Å². The summed E-state index contributed by atoms with van der Waals surface area (Å²) in [5, 5.41) is 25.1. The van der Waals surface area contributed by atoms with Gasteiger partial charge in [-0.25, -0.2) is 0 Å². The van der Waals surface area contributed by atoms with Crippen molar-refractivity contribution in [2.75, 3.05) is 13.1 Å². The molecule has 0 aliphatic carbocycles. The first-order valence-electron chi connectivity index (χ1n) is 9.44. The van der Waals surface area contributed by atoms with Gasteiger partial charge < -0.3 is 20.4 Å². The Hall–Kier alpha value is -2.29. The zero-order valence-corrected chi connectivity index (χ0v) is 16.3. The molecule has 7 nitrogen and oxygen atoms in total. The first-order chi connectivity index (χ1) is 13.6. The molecule has 1 unspecified atom stereocenters. The molecule has 0 bridgehead atoms. The summed E-state index contributed by atoms with van der Waals surface area (Å²) in [5.41, 5.74) is 0.887. The maximum absolute atomic E-state index is 12.8. The number of aliphatic hydroxyl groups is 2. The van der Waals surface area contributed by atoms with E-state index in [1.54, 1.807) is 34.7 Å². The van der Waals surface area contributed by atoms with E-state index in [0.717, 1.165) is 29.7 Å². The molecule has 2 amide bonds. The summed E-state index contributed by atoms with van der Waals surface area (Å²) in [6.45, 7) is 0.807. The van der Waals surface area contributed by atoms with Crippen LogP contribution < -0.4 is 5.32 Å². The van der Waals surface area contributed by atoms with Gasteiger partial charge in [0, 0.05) is 30.4 Å². The molecule has 150 valence electrons. The normalized spacial score (nSPS) is 19.1. The lowest BCUT2D eigenvalue weighted by Gasteiger charge is -2.37. The molecule has 1 saturated heterocycles. The summed E-state index contributed by atoms with van der Waals surface area (Å²) in [6, 6.07) is 7.37. The van der Waals surface area contributed by atoms with Gasteiger partial charge in [-0.3, -0.25) is 14.6 Å². The van der Waals surface area contributed by atoms with E-state index in [-0.39, 0.29) is 6.04 Å². The SMILES string of the molecule is O=C(NCCc1cccs1)[C@H](O)[C@@H](O)C(=O)N1CCCCC1c1cccnc1. The highest BCUT2D eigenvalue weighted by molar-refractivity contribution is 7.09. The van der Waals surface area contributed by atoms with E-state index in [0.29, 0.717) is 19.5 Å². The number of aromatic nitrogens is 1. The number of carbonyl (C=O) groups is 2. The Morgan fingerprint density at radius 1 is 1.25 bits per heavy atom. The molecule has 3 atom stereocenters. The van der Waals surface area contributed by atoms with Crippen molar-refractivity contribution in [1.29, 1.82) is 0 Å². The number of thiophene rings is 1. The zero-order chi connectivity index (χ0) is 19.9. The van der Waals surface area contributed by atoms with Crippen LogP contribution in [0.4, 0.5) is 0 Å². The predicted molar refractivity (Wildman–Crippen MR) is 106 cm³/mol. The monoisotopic (exact) mass is 403 g/mol. The van der Waals surface area contributed by atoms with Gasteiger partial charge in [-0.05, 0) is 48.8 Å². The Kier molecular flexibility index (Phi) is 7.13. The van der Waals surface area contributed by atoms with Crippen molar-refractivity contribution in [3.8, 4) is 0 Å². The van der Waals surface area contributed by atoms with E-state index in [4.69, 9.17) is 0 Å². The molecule has 2 aromatic heterocycles. The van der Waals surface area contributed by atoms with Gasteiger partial charge in [-0.2, -0.15) is 0 Å². The highest BCUT2D eigenvalue weighted by Gasteiger charge is 2.37. The molecule has 2 aromatic rings.